The minimum Gasteiger partial charge on any atom is -0.453 e. The largest absolute Gasteiger partial charge is 0.453 e. The molecule has 106 valence electrons. The number of carbonyl (C=O) groups excluding carboxylic acids is 1. The third-order valence-corrected chi connectivity index (χ3v) is 3.10. The molecule has 1 aromatic heterocycles. The quantitative estimate of drug-likeness (QED) is 0.873. The maximum atomic E-state index is 13.2. The Morgan fingerprint density at radius 1 is 1.20 bits per heavy atom. The van der Waals surface area contributed by atoms with E-state index in [1.165, 1.54) is 12.1 Å². The van der Waals surface area contributed by atoms with Crippen LogP contribution in [0.5, 0.6) is 0 Å². The molecule has 0 saturated heterocycles. The Labute approximate surface area is 115 Å². The molecule has 1 heterocycles. The molecule has 0 saturated carbocycles. The lowest BCUT2D eigenvalue weighted by Crippen LogP contribution is -2.32. The average Bonchev–Trinajstić information content (AvgIpc) is 2.86. The molecule has 0 aliphatic rings. The Morgan fingerprint density at radius 3 is 2.35 bits per heavy atom. The molecule has 0 radical (unpaired) electrons. The standard InChI is InChI=1S/C15H15F2NO2/c1-15(2,8-18)14(19)13-4-3-12(20-13)9-5-10(16)7-11(17)6-9/h3-7H,8,18H2,1-2H3. The average molecular weight is 279 g/mol. The van der Waals surface area contributed by atoms with Crippen LogP contribution in [0.15, 0.2) is 34.7 Å². The summed E-state index contributed by atoms with van der Waals surface area (Å²) in [5.74, 6) is -1.29. The van der Waals surface area contributed by atoms with Crippen LogP contribution in [-0.4, -0.2) is 12.3 Å². The molecular weight excluding hydrogens is 264 g/mol. The van der Waals surface area contributed by atoms with E-state index in [0.29, 0.717) is 0 Å². The highest BCUT2D eigenvalue weighted by Crippen LogP contribution is 2.27. The van der Waals surface area contributed by atoms with E-state index in [-0.39, 0.29) is 29.4 Å². The van der Waals surface area contributed by atoms with Crippen molar-refractivity contribution in [2.75, 3.05) is 6.54 Å². The fourth-order valence-corrected chi connectivity index (χ4v) is 1.74. The normalized spacial score (nSPS) is 11.7. The molecule has 5 heteroatoms. The zero-order valence-corrected chi connectivity index (χ0v) is 11.2. The lowest BCUT2D eigenvalue weighted by Gasteiger charge is -2.18. The summed E-state index contributed by atoms with van der Waals surface area (Å²) in [6.07, 6.45) is 0. The van der Waals surface area contributed by atoms with Gasteiger partial charge in [0, 0.05) is 23.6 Å². The first-order valence-electron chi connectivity index (χ1n) is 6.14. The number of nitrogens with two attached hydrogens (primary N) is 1. The Kier molecular flexibility index (Phi) is 3.72. The Morgan fingerprint density at radius 2 is 1.80 bits per heavy atom. The topological polar surface area (TPSA) is 56.2 Å². The summed E-state index contributed by atoms with van der Waals surface area (Å²) in [6, 6.07) is 6.05. The third kappa shape index (κ3) is 2.77. The number of ketones is 1. The molecular formula is C15H15F2NO2. The molecule has 0 fully saturated rings. The number of hydrogen-bond acceptors (Lipinski definition) is 3. The van der Waals surface area contributed by atoms with E-state index in [0.717, 1.165) is 18.2 Å². The lowest BCUT2D eigenvalue weighted by molar-refractivity contribution is 0.0818. The second-order valence-corrected chi connectivity index (χ2v) is 5.24. The minimum absolute atomic E-state index is 0.125. The summed E-state index contributed by atoms with van der Waals surface area (Å²) < 4.78 is 31.7. The van der Waals surface area contributed by atoms with Crippen LogP contribution in [0, 0.1) is 17.0 Å². The molecule has 20 heavy (non-hydrogen) atoms. The van der Waals surface area contributed by atoms with Crippen LogP contribution in [0.2, 0.25) is 0 Å². The first-order chi connectivity index (χ1) is 9.33. The van der Waals surface area contributed by atoms with Crippen molar-refractivity contribution in [2.24, 2.45) is 11.1 Å². The first kappa shape index (κ1) is 14.4. The van der Waals surface area contributed by atoms with E-state index in [1.54, 1.807) is 13.8 Å². The Balaban J connectivity index is 2.36. The van der Waals surface area contributed by atoms with Crippen LogP contribution in [0.1, 0.15) is 24.4 Å². The van der Waals surface area contributed by atoms with Crippen molar-refractivity contribution >= 4 is 5.78 Å². The summed E-state index contributed by atoms with van der Waals surface area (Å²) in [7, 11) is 0. The minimum atomic E-state index is -0.748. The molecule has 0 aliphatic heterocycles. The van der Waals surface area contributed by atoms with Crippen molar-refractivity contribution in [3.05, 3.63) is 47.7 Å². The molecule has 0 bridgehead atoms. The maximum Gasteiger partial charge on any atom is 0.204 e. The zero-order chi connectivity index (χ0) is 14.9. The molecule has 3 nitrogen and oxygen atoms in total. The van der Waals surface area contributed by atoms with Gasteiger partial charge in [0.25, 0.3) is 0 Å². The van der Waals surface area contributed by atoms with Gasteiger partial charge in [-0.3, -0.25) is 4.79 Å². The van der Waals surface area contributed by atoms with Crippen LogP contribution in [-0.2, 0) is 0 Å². The van der Waals surface area contributed by atoms with Crippen molar-refractivity contribution in [3.8, 4) is 11.3 Å². The van der Waals surface area contributed by atoms with Crippen molar-refractivity contribution in [1.82, 2.24) is 0 Å². The number of halogens is 2. The van der Waals surface area contributed by atoms with Crippen molar-refractivity contribution < 1.29 is 18.0 Å². The van der Waals surface area contributed by atoms with Crippen LogP contribution in [0.4, 0.5) is 8.78 Å². The van der Waals surface area contributed by atoms with Gasteiger partial charge in [-0.25, -0.2) is 8.78 Å². The van der Waals surface area contributed by atoms with E-state index in [9.17, 15) is 13.6 Å². The highest BCUT2D eigenvalue weighted by atomic mass is 19.1. The number of rotatable bonds is 4. The summed E-state index contributed by atoms with van der Waals surface area (Å²) in [5.41, 5.74) is 5.04. The van der Waals surface area contributed by atoms with Gasteiger partial charge in [-0.1, -0.05) is 13.8 Å². The predicted octanol–water partition coefficient (Wildman–Crippen LogP) is 3.39. The van der Waals surface area contributed by atoms with Crippen LogP contribution in [0.25, 0.3) is 11.3 Å². The number of furan rings is 1. The maximum absolute atomic E-state index is 13.2. The van der Waals surface area contributed by atoms with Gasteiger partial charge >= 0.3 is 0 Å². The van der Waals surface area contributed by atoms with Gasteiger partial charge in [0.2, 0.25) is 5.78 Å². The van der Waals surface area contributed by atoms with Gasteiger partial charge in [0.05, 0.1) is 0 Å². The monoisotopic (exact) mass is 279 g/mol. The fraction of sp³-hybridized carbons (Fsp3) is 0.267. The van der Waals surface area contributed by atoms with E-state index in [4.69, 9.17) is 10.2 Å². The molecule has 1 aromatic carbocycles. The summed E-state index contributed by atoms with van der Waals surface area (Å²) in [4.78, 5) is 12.2. The van der Waals surface area contributed by atoms with Gasteiger partial charge in [0.15, 0.2) is 5.76 Å². The summed E-state index contributed by atoms with van der Waals surface area (Å²) in [6.45, 7) is 3.59. The van der Waals surface area contributed by atoms with E-state index >= 15 is 0 Å². The highest BCUT2D eigenvalue weighted by Gasteiger charge is 2.29. The van der Waals surface area contributed by atoms with Crippen molar-refractivity contribution in [1.29, 1.82) is 0 Å². The molecule has 2 N–H and O–H groups in total. The third-order valence-electron chi connectivity index (χ3n) is 3.10. The predicted molar refractivity (Wildman–Crippen MR) is 71.2 cm³/mol. The van der Waals surface area contributed by atoms with Gasteiger partial charge in [0.1, 0.15) is 17.4 Å². The van der Waals surface area contributed by atoms with Gasteiger partial charge in [-0.2, -0.15) is 0 Å². The SMILES string of the molecule is CC(C)(CN)C(=O)c1ccc(-c2cc(F)cc(F)c2)o1. The van der Waals surface area contributed by atoms with Gasteiger partial charge in [-0.05, 0) is 24.3 Å². The second-order valence-electron chi connectivity index (χ2n) is 5.24. The summed E-state index contributed by atoms with van der Waals surface area (Å²) >= 11 is 0. The van der Waals surface area contributed by atoms with Gasteiger partial charge in [-0.15, -0.1) is 0 Å². The Bertz CT molecular complexity index is 627. The Hall–Kier alpha value is -2.01. The van der Waals surface area contributed by atoms with Crippen LogP contribution < -0.4 is 5.73 Å². The van der Waals surface area contributed by atoms with Crippen molar-refractivity contribution in [3.63, 3.8) is 0 Å². The summed E-state index contributed by atoms with van der Waals surface area (Å²) in [5, 5.41) is 0. The van der Waals surface area contributed by atoms with Crippen molar-refractivity contribution in [2.45, 2.75) is 13.8 Å². The zero-order valence-electron chi connectivity index (χ0n) is 11.2. The lowest BCUT2D eigenvalue weighted by atomic mass is 9.87. The number of benzene rings is 1. The molecule has 0 spiro atoms. The molecule has 0 atom stereocenters. The number of hydrogen-bond donors (Lipinski definition) is 1. The fourth-order valence-electron chi connectivity index (χ4n) is 1.74. The van der Waals surface area contributed by atoms with E-state index in [1.807, 2.05) is 0 Å². The van der Waals surface area contributed by atoms with Crippen LogP contribution >= 0.6 is 0 Å². The smallest absolute Gasteiger partial charge is 0.204 e. The molecule has 0 amide bonds. The molecule has 2 aromatic rings. The van der Waals surface area contributed by atoms with E-state index in [2.05, 4.69) is 0 Å². The molecule has 0 unspecified atom stereocenters. The first-order valence-corrected chi connectivity index (χ1v) is 6.14. The number of Topliss-reactive ketones (excluding diaryl/α,β-unsaturated/α-hetero) is 1. The van der Waals surface area contributed by atoms with Crippen LogP contribution in [0.3, 0.4) is 0 Å². The molecule has 2 rings (SSSR count). The van der Waals surface area contributed by atoms with E-state index < -0.39 is 17.0 Å². The molecule has 0 aliphatic carbocycles. The van der Waals surface area contributed by atoms with Gasteiger partial charge < -0.3 is 10.2 Å². The second kappa shape index (κ2) is 5.17. The number of carbonyl (C=O) groups is 1. The highest BCUT2D eigenvalue weighted by molar-refractivity contribution is 5.98.